The summed E-state index contributed by atoms with van der Waals surface area (Å²) in [4.78, 5) is 14.2. The van der Waals surface area contributed by atoms with E-state index >= 15 is 0 Å². The molecule has 0 saturated carbocycles. The molecule has 2 aromatic carbocycles. The van der Waals surface area contributed by atoms with Gasteiger partial charge in [0.05, 0.1) is 11.1 Å². The summed E-state index contributed by atoms with van der Waals surface area (Å²) in [6.07, 6.45) is 3.53. The molecule has 4 nitrogen and oxygen atoms in total. The highest BCUT2D eigenvalue weighted by Crippen LogP contribution is 2.22. The Kier molecular flexibility index (Phi) is 4.12. The van der Waals surface area contributed by atoms with Crippen LogP contribution in [-0.2, 0) is 0 Å². The quantitative estimate of drug-likeness (QED) is 0.560. The van der Waals surface area contributed by atoms with Crippen molar-refractivity contribution in [3.63, 3.8) is 0 Å². The van der Waals surface area contributed by atoms with Crippen molar-refractivity contribution in [2.45, 2.75) is 0 Å². The molecule has 0 amide bonds. The highest BCUT2D eigenvalue weighted by molar-refractivity contribution is 5.85. The molecule has 0 bridgehead atoms. The van der Waals surface area contributed by atoms with Gasteiger partial charge in [-0.05, 0) is 48.5 Å². The van der Waals surface area contributed by atoms with E-state index in [-0.39, 0.29) is 0 Å². The Morgan fingerprint density at radius 1 is 0.885 bits per heavy atom. The molecule has 2 aromatic heterocycles. The van der Waals surface area contributed by atoms with Crippen LogP contribution >= 0.6 is 0 Å². The van der Waals surface area contributed by atoms with Crippen LogP contribution < -0.4 is 4.90 Å². The molecule has 0 aliphatic heterocycles. The highest BCUT2D eigenvalue weighted by atomic mass is 15.1. The molecule has 4 heteroatoms. The van der Waals surface area contributed by atoms with Crippen molar-refractivity contribution in [2.24, 2.45) is 0 Å². The molecular weight excluding hydrogens is 320 g/mol. The molecule has 0 aliphatic carbocycles. The molecule has 0 spiro atoms. The van der Waals surface area contributed by atoms with E-state index in [1.165, 1.54) is 0 Å². The number of pyridine rings is 1. The van der Waals surface area contributed by atoms with E-state index in [1.807, 2.05) is 56.6 Å². The van der Waals surface area contributed by atoms with Crippen molar-refractivity contribution >= 4 is 16.7 Å². The van der Waals surface area contributed by atoms with E-state index in [0.717, 1.165) is 39.2 Å². The van der Waals surface area contributed by atoms with Crippen molar-refractivity contribution in [2.75, 3.05) is 19.0 Å². The average Bonchev–Trinajstić information content (AvgIpc) is 3.12. The van der Waals surface area contributed by atoms with Gasteiger partial charge in [-0.2, -0.15) is 0 Å². The molecule has 0 atom stereocenters. The summed E-state index contributed by atoms with van der Waals surface area (Å²) in [5.74, 6) is 7.32. The van der Waals surface area contributed by atoms with E-state index in [1.54, 1.807) is 12.4 Å². The molecule has 2 heterocycles. The first kappa shape index (κ1) is 15.9. The van der Waals surface area contributed by atoms with Gasteiger partial charge in [0.25, 0.3) is 0 Å². The van der Waals surface area contributed by atoms with Crippen LogP contribution in [0.5, 0.6) is 0 Å². The van der Waals surface area contributed by atoms with Gasteiger partial charge in [-0.3, -0.25) is 4.98 Å². The van der Waals surface area contributed by atoms with Gasteiger partial charge in [0.1, 0.15) is 11.3 Å². The van der Waals surface area contributed by atoms with Crippen molar-refractivity contribution in [3.05, 3.63) is 78.1 Å². The van der Waals surface area contributed by atoms with E-state index in [9.17, 15) is 0 Å². The Bertz CT molecular complexity index is 1100. The van der Waals surface area contributed by atoms with Crippen molar-refractivity contribution in [3.8, 4) is 23.2 Å². The van der Waals surface area contributed by atoms with Crippen molar-refractivity contribution in [1.29, 1.82) is 0 Å². The molecule has 0 aliphatic rings. The van der Waals surface area contributed by atoms with Crippen LogP contribution in [0.4, 0.5) is 5.69 Å². The van der Waals surface area contributed by atoms with Crippen LogP contribution in [0, 0.1) is 11.8 Å². The van der Waals surface area contributed by atoms with Gasteiger partial charge in [-0.25, -0.2) is 4.98 Å². The first-order valence-corrected chi connectivity index (χ1v) is 8.39. The summed E-state index contributed by atoms with van der Waals surface area (Å²) < 4.78 is 0. The van der Waals surface area contributed by atoms with Crippen molar-refractivity contribution in [1.82, 2.24) is 15.0 Å². The fraction of sp³-hybridized carbons (Fsp3) is 0.0909. The Morgan fingerprint density at radius 2 is 1.65 bits per heavy atom. The second-order valence-electron chi connectivity index (χ2n) is 6.21. The normalized spacial score (nSPS) is 10.4. The van der Waals surface area contributed by atoms with Gasteiger partial charge >= 0.3 is 0 Å². The second-order valence-corrected chi connectivity index (χ2v) is 6.21. The molecule has 126 valence electrons. The SMILES string of the molecule is CN(C)c1ccc(C#Cc2cccc3[nH]c(-c4ccncc4)nc23)cc1. The number of rotatable bonds is 2. The topological polar surface area (TPSA) is 44.8 Å². The summed E-state index contributed by atoms with van der Waals surface area (Å²) in [5, 5.41) is 0. The minimum atomic E-state index is 0.826. The maximum Gasteiger partial charge on any atom is 0.138 e. The Hall–Kier alpha value is -3.58. The van der Waals surface area contributed by atoms with Crippen LogP contribution in [0.2, 0.25) is 0 Å². The smallest absolute Gasteiger partial charge is 0.138 e. The number of fused-ring (bicyclic) bond motifs is 1. The van der Waals surface area contributed by atoms with Gasteiger partial charge in [0, 0.05) is 43.3 Å². The summed E-state index contributed by atoms with van der Waals surface area (Å²) in [6, 6.07) is 18.1. The first-order chi connectivity index (χ1) is 12.7. The van der Waals surface area contributed by atoms with Crippen LogP contribution in [0.1, 0.15) is 11.1 Å². The van der Waals surface area contributed by atoms with Crippen molar-refractivity contribution < 1.29 is 0 Å². The lowest BCUT2D eigenvalue weighted by Crippen LogP contribution is -2.07. The standard InChI is InChI=1S/C22H18N4/c1-26(2)19-10-7-16(8-11-19)6-9-17-4-3-5-20-21(17)25-22(24-20)18-12-14-23-15-13-18/h3-5,7-8,10-15H,1-2H3,(H,24,25). The lowest BCUT2D eigenvalue weighted by Gasteiger charge is -2.11. The molecular formula is C22H18N4. The lowest BCUT2D eigenvalue weighted by atomic mass is 10.1. The van der Waals surface area contributed by atoms with Gasteiger partial charge in [0.2, 0.25) is 0 Å². The average molecular weight is 338 g/mol. The van der Waals surface area contributed by atoms with E-state index < -0.39 is 0 Å². The van der Waals surface area contributed by atoms with E-state index in [2.05, 4.69) is 38.8 Å². The monoisotopic (exact) mass is 338 g/mol. The lowest BCUT2D eigenvalue weighted by molar-refractivity contribution is 1.13. The first-order valence-electron chi connectivity index (χ1n) is 8.39. The van der Waals surface area contributed by atoms with Crippen LogP contribution in [0.3, 0.4) is 0 Å². The maximum atomic E-state index is 4.74. The van der Waals surface area contributed by atoms with Gasteiger partial charge in [0.15, 0.2) is 0 Å². The number of aromatic nitrogens is 3. The van der Waals surface area contributed by atoms with Crippen LogP contribution in [-0.4, -0.2) is 29.0 Å². The van der Waals surface area contributed by atoms with E-state index in [0.29, 0.717) is 0 Å². The number of hydrogen-bond acceptors (Lipinski definition) is 3. The molecule has 4 aromatic rings. The number of para-hydroxylation sites is 1. The third kappa shape index (κ3) is 3.15. The fourth-order valence-electron chi connectivity index (χ4n) is 2.76. The van der Waals surface area contributed by atoms with Gasteiger partial charge in [-0.15, -0.1) is 0 Å². The summed E-state index contributed by atoms with van der Waals surface area (Å²) >= 11 is 0. The largest absolute Gasteiger partial charge is 0.378 e. The number of aromatic amines is 1. The summed E-state index contributed by atoms with van der Waals surface area (Å²) in [7, 11) is 4.05. The number of anilines is 1. The Balaban J connectivity index is 1.70. The van der Waals surface area contributed by atoms with Crippen LogP contribution in [0.25, 0.3) is 22.4 Å². The number of H-pyrrole nitrogens is 1. The number of hydrogen-bond donors (Lipinski definition) is 1. The number of nitrogens with zero attached hydrogens (tertiary/aromatic N) is 3. The fourth-order valence-corrected chi connectivity index (χ4v) is 2.76. The summed E-state index contributed by atoms with van der Waals surface area (Å²) in [5.41, 5.74) is 5.93. The zero-order valence-corrected chi connectivity index (χ0v) is 14.7. The number of nitrogens with one attached hydrogen (secondary N) is 1. The number of benzene rings is 2. The van der Waals surface area contributed by atoms with Gasteiger partial charge in [-0.1, -0.05) is 17.9 Å². The molecule has 0 saturated heterocycles. The van der Waals surface area contributed by atoms with Gasteiger partial charge < -0.3 is 9.88 Å². The third-order valence-corrected chi connectivity index (χ3v) is 4.19. The summed E-state index contributed by atoms with van der Waals surface area (Å²) in [6.45, 7) is 0. The van der Waals surface area contributed by atoms with Crippen LogP contribution in [0.15, 0.2) is 67.0 Å². The minimum absolute atomic E-state index is 0.826. The van der Waals surface area contributed by atoms with E-state index in [4.69, 9.17) is 4.98 Å². The zero-order valence-electron chi connectivity index (χ0n) is 14.7. The maximum absolute atomic E-state index is 4.74. The Labute approximate surface area is 152 Å². The Morgan fingerprint density at radius 3 is 2.38 bits per heavy atom. The highest BCUT2D eigenvalue weighted by Gasteiger charge is 2.07. The molecule has 0 fully saturated rings. The molecule has 1 N–H and O–H groups in total. The number of imidazole rings is 1. The molecule has 4 rings (SSSR count). The third-order valence-electron chi connectivity index (χ3n) is 4.19. The minimum Gasteiger partial charge on any atom is -0.378 e. The zero-order chi connectivity index (χ0) is 17.9. The predicted molar refractivity (Wildman–Crippen MR) is 106 cm³/mol. The molecule has 0 radical (unpaired) electrons. The second kappa shape index (κ2) is 6.73. The predicted octanol–water partition coefficient (Wildman–Crippen LogP) is 4.09. The molecule has 0 unspecified atom stereocenters. The molecule has 26 heavy (non-hydrogen) atoms.